The summed E-state index contributed by atoms with van der Waals surface area (Å²) >= 11 is 0. The number of benzene rings is 2. The molecule has 0 unspecified atom stereocenters. The molecule has 3 aromatic rings. The number of carbonyl (C=O) groups is 2. The van der Waals surface area contributed by atoms with Gasteiger partial charge >= 0.3 is 12.3 Å². The zero-order valence-electron chi connectivity index (χ0n) is 19.7. The number of aromatic nitrogens is 1. The molecule has 2 aromatic carbocycles. The van der Waals surface area contributed by atoms with E-state index in [0.717, 1.165) is 12.1 Å². The van der Waals surface area contributed by atoms with Crippen LogP contribution >= 0.6 is 0 Å². The number of aliphatic hydroxyl groups is 1. The molecule has 0 aliphatic rings. The number of nitrogens with one attached hydrogen (secondary N) is 1. The van der Waals surface area contributed by atoms with Gasteiger partial charge in [0.2, 0.25) is 0 Å². The molecule has 0 aliphatic carbocycles. The fraction of sp³-hybridized carbons (Fsp3) is 0.320. The predicted molar refractivity (Wildman–Crippen MR) is 123 cm³/mol. The SMILES string of the molecule is CC(C)(C)[C@H](NC(=O)c1ccc2cnc(CO)cc2c1OCc1ccc(OC(F)(F)F)cc1)C(=O)O. The van der Waals surface area contributed by atoms with Gasteiger partial charge in [-0.3, -0.25) is 9.78 Å². The van der Waals surface area contributed by atoms with Gasteiger partial charge in [0.25, 0.3) is 5.91 Å². The van der Waals surface area contributed by atoms with E-state index < -0.39 is 35.4 Å². The summed E-state index contributed by atoms with van der Waals surface area (Å²) in [5.74, 6) is -2.18. The molecule has 8 nitrogen and oxygen atoms in total. The Morgan fingerprint density at radius 3 is 2.31 bits per heavy atom. The number of pyridine rings is 1. The van der Waals surface area contributed by atoms with E-state index >= 15 is 0 Å². The molecule has 36 heavy (non-hydrogen) atoms. The Kier molecular flexibility index (Phi) is 7.73. The van der Waals surface area contributed by atoms with Crippen LogP contribution in [0.2, 0.25) is 0 Å². The Hall–Kier alpha value is -3.86. The third-order valence-electron chi connectivity index (χ3n) is 5.25. The number of hydrogen-bond donors (Lipinski definition) is 3. The van der Waals surface area contributed by atoms with Crippen LogP contribution in [0.15, 0.2) is 48.7 Å². The molecule has 11 heteroatoms. The third-order valence-corrected chi connectivity index (χ3v) is 5.25. The number of aliphatic hydroxyl groups excluding tert-OH is 1. The van der Waals surface area contributed by atoms with E-state index in [9.17, 15) is 33.0 Å². The zero-order chi connectivity index (χ0) is 26.7. The van der Waals surface area contributed by atoms with Crippen LogP contribution in [-0.2, 0) is 18.0 Å². The second-order valence-electron chi connectivity index (χ2n) is 9.09. The molecule has 0 fully saturated rings. The maximum atomic E-state index is 13.2. The lowest BCUT2D eigenvalue weighted by atomic mass is 9.86. The Morgan fingerprint density at radius 1 is 1.08 bits per heavy atom. The topological polar surface area (TPSA) is 118 Å². The molecule has 1 aromatic heterocycles. The molecule has 0 saturated heterocycles. The molecule has 0 spiro atoms. The molecule has 1 atom stereocenters. The molecule has 192 valence electrons. The van der Waals surface area contributed by atoms with E-state index in [2.05, 4.69) is 15.0 Å². The first-order chi connectivity index (χ1) is 16.8. The molecule has 3 N–H and O–H groups in total. The Bertz CT molecular complexity index is 1250. The number of halogens is 3. The average molecular weight is 506 g/mol. The van der Waals surface area contributed by atoms with Crippen LogP contribution < -0.4 is 14.8 Å². The lowest BCUT2D eigenvalue weighted by molar-refractivity contribution is -0.274. The van der Waals surface area contributed by atoms with Gasteiger partial charge in [0.05, 0.1) is 17.9 Å². The molecule has 0 radical (unpaired) electrons. The van der Waals surface area contributed by atoms with Crippen molar-refractivity contribution < 1.29 is 42.4 Å². The van der Waals surface area contributed by atoms with Gasteiger partial charge in [-0.1, -0.05) is 39.0 Å². The van der Waals surface area contributed by atoms with E-state index in [1.54, 1.807) is 32.9 Å². The minimum Gasteiger partial charge on any atom is -0.487 e. The number of fused-ring (bicyclic) bond motifs is 1. The van der Waals surface area contributed by atoms with Crippen LogP contribution in [-0.4, -0.2) is 39.5 Å². The molecule has 3 rings (SSSR count). The number of alkyl halides is 3. The maximum Gasteiger partial charge on any atom is 0.573 e. The number of rotatable bonds is 8. The fourth-order valence-corrected chi connectivity index (χ4v) is 3.45. The molecule has 1 amide bonds. The van der Waals surface area contributed by atoms with Crippen molar-refractivity contribution in [3.8, 4) is 11.5 Å². The van der Waals surface area contributed by atoms with Crippen molar-refractivity contribution in [2.45, 2.75) is 46.4 Å². The van der Waals surface area contributed by atoms with Crippen molar-refractivity contribution in [3.63, 3.8) is 0 Å². The van der Waals surface area contributed by atoms with E-state index in [0.29, 0.717) is 22.0 Å². The number of carboxylic acid groups (broad SMARTS) is 1. The Morgan fingerprint density at radius 2 is 1.75 bits per heavy atom. The van der Waals surface area contributed by atoms with Crippen LogP contribution in [0, 0.1) is 5.41 Å². The monoisotopic (exact) mass is 506 g/mol. The number of hydrogen-bond acceptors (Lipinski definition) is 6. The van der Waals surface area contributed by atoms with Gasteiger partial charge in [-0.2, -0.15) is 0 Å². The molecular weight excluding hydrogens is 481 g/mol. The summed E-state index contributed by atoms with van der Waals surface area (Å²) in [6.45, 7) is 4.54. The number of carbonyl (C=O) groups excluding carboxylic acids is 1. The largest absolute Gasteiger partial charge is 0.573 e. The molecule has 0 bridgehead atoms. The second-order valence-corrected chi connectivity index (χ2v) is 9.09. The quantitative estimate of drug-likeness (QED) is 0.414. The number of nitrogens with zero attached hydrogens (tertiary/aromatic N) is 1. The second kappa shape index (κ2) is 10.4. The molecule has 0 saturated carbocycles. The first kappa shape index (κ1) is 26.7. The van der Waals surface area contributed by atoms with Crippen LogP contribution in [0.1, 0.15) is 42.4 Å². The minimum absolute atomic E-state index is 0.0464. The van der Waals surface area contributed by atoms with Gasteiger partial charge in [-0.25, -0.2) is 4.79 Å². The summed E-state index contributed by atoms with van der Waals surface area (Å²) in [5.41, 5.74) is 0.0670. The predicted octanol–water partition coefficient (Wildman–Crippen LogP) is 4.43. The Labute approximate surface area is 204 Å². The zero-order valence-corrected chi connectivity index (χ0v) is 19.7. The first-order valence-electron chi connectivity index (χ1n) is 10.8. The minimum atomic E-state index is -4.82. The number of carboxylic acids is 1. The summed E-state index contributed by atoms with van der Waals surface area (Å²) in [4.78, 5) is 29.0. The van der Waals surface area contributed by atoms with Gasteiger partial charge in [0, 0.05) is 17.0 Å². The van der Waals surface area contributed by atoms with Gasteiger partial charge in [-0.05, 0) is 35.2 Å². The summed E-state index contributed by atoms with van der Waals surface area (Å²) in [6.07, 6.45) is -3.32. The number of amides is 1. The normalized spacial score (nSPS) is 12.8. The van der Waals surface area contributed by atoms with E-state index in [1.165, 1.54) is 24.4 Å². The summed E-state index contributed by atoms with van der Waals surface area (Å²) in [5, 5.41) is 22.7. The third kappa shape index (κ3) is 6.63. The average Bonchev–Trinajstić information content (AvgIpc) is 2.79. The van der Waals surface area contributed by atoms with Crippen LogP contribution in [0.5, 0.6) is 11.5 Å². The lowest BCUT2D eigenvalue weighted by Gasteiger charge is -2.28. The number of aliphatic carboxylic acids is 1. The summed E-state index contributed by atoms with van der Waals surface area (Å²) in [6, 6.07) is 8.46. The first-order valence-corrected chi connectivity index (χ1v) is 10.8. The van der Waals surface area contributed by atoms with E-state index in [4.69, 9.17) is 4.74 Å². The highest BCUT2D eigenvalue weighted by Crippen LogP contribution is 2.32. The highest BCUT2D eigenvalue weighted by molar-refractivity contribution is 6.04. The van der Waals surface area contributed by atoms with Gasteiger partial charge < -0.3 is 25.0 Å². The van der Waals surface area contributed by atoms with Crippen molar-refractivity contribution in [1.29, 1.82) is 0 Å². The standard InChI is InChI=1S/C25H25F3N2O6/c1-24(2,3)21(23(33)34)30-22(32)18-9-6-15-11-29-16(12-31)10-19(15)20(18)35-13-14-4-7-17(8-5-14)36-25(26,27)28/h4-11,21,31H,12-13H2,1-3H3,(H,30,32)(H,33,34)/t21-/m1/s1. The number of ether oxygens (including phenoxy) is 2. The van der Waals surface area contributed by atoms with E-state index in [1.807, 2.05) is 0 Å². The Balaban J connectivity index is 1.96. The highest BCUT2D eigenvalue weighted by atomic mass is 19.4. The summed E-state index contributed by atoms with van der Waals surface area (Å²) in [7, 11) is 0. The van der Waals surface area contributed by atoms with Gasteiger partial charge in [-0.15, -0.1) is 13.2 Å². The molecule has 1 heterocycles. The lowest BCUT2D eigenvalue weighted by Crippen LogP contribution is -2.49. The van der Waals surface area contributed by atoms with Crippen molar-refractivity contribution in [1.82, 2.24) is 10.3 Å². The fourth-order valence-electron chi connectivity index (χ4n) is 3.45. The molecule has 0 aliphatic heterocycles. The van der Waals surface area contributed by atoms with Crippen molar-refractivity contribution in [2.75, 3.05) is 0 Å². The smallest absolute Gasteiger partial charge is 0.487 e. The van der Waals surface area contributed by atoms with Crippen LogP contribution in [0.25, 0.3) is 10.8 Å². The summed E-state index contributed by atoms with van der Waals surface area (Å²) < 4.78 is 47.0. The highest BCUT2D eigenvalue weighted by Gasteiger charge is 2.34. The van der Waals surface area contributed by atoms with Crippen molar-refractivity contribution in [3.05, 3.63) is 65.5 Å². The van der Waals surface area contributed by atoms with E-state index in [-0.39, 0.29) is 24.5 Å². The van der Waals surface area contributed by atoms with Crippen LogP contribution in [0.3, 0.4) is 0 Å². The van der Waals surface area contributed by atoms with Gasteiger partial charge in [0.1, 0.15) is 24.1 Å². The van der Waals surface area contributed by atoms with Gasteiger partial charge in [0.15, 0.2) is 0 Å². The van der Waals surface area contributed by atoms with Crippen molar-refractivity contribution >= 4 is 22.6 Å². The van der Waals surface area contributed by atoms with Crippen LogP contribution in [0.4, 0.5) is 13.2 Å². The molecular formula is C25H25F3N2O6. The van der Waals surface area contributed by atoms with Crippen molar-refractivity contribution in [2.24, 2.45) is 5.41 Å². The maximum absolute atomic E-state index is 13.2.